The number of nitrogens with zero attached hydrogens (tertiary/aromatic N) is 1. The van der Waals surface area contributed by atoms with Crippen molar-refractivity contribution in [2.75, 3.05) is 7.11 Å². The fraction of sp³-hybridized carbons (Fsp3) is 0.286. The summed E-state index contributed by atoms with van der Waals surface area (Å²) in [6.45, 7) is 2.00. The molecule has 0 spiro atoms. The van der Waals surface area contributed by atoms with Crippen LogP contribution >= 0.6 is 0 Å². The standard InChI is InChI=1S/C14H16N2O2/c1-10-9-14(17)16-15-13(10)8-5-11-3-6-12(18-2)7-4-11/h3-8,10H,9H2,1-2H3,(H,16,17). The van der Waals surface area contributed by atoms with E-state index < -0.39 is 0 Å². The molecule has 0 aliphatic carbocycles. The minimum absolute atomic E-state index is 0.0240. The Kier molecular flexibility index (Phi) is 3.77. The predicted molar refractivity (Wildman–Crippen MR) is 71.4 cm³/mol. The first-order valence-corrected chi connectivity index (χ1v) is 5.87. The van der Waals surface area contributed by atoms with Crippen LogP contribution in [0, 0.1) is 5.92 Å². The lowest BCUT2D eigenvalue weighted by atomic mass is 9.99. The van der Waals surface area contributed by atoms with Crippen LogP contribution in [0.25, 0.3) is 6.08 Å². The van der Waals surface area contributed by atoms with E-state index in [4.69, 9.17) is 4.74 Å². The van der Waals surface area contributed by atoms with E-state index in [1.807, 2.05) is 43.3 Å². The predicted octanol–water partition coefficient (Wildman–Crippen LogP) is 2.22. The van der Waals surface area contributed by atoms with Crippen LogP contribution in [0.3, 0.4) is 0 Å². The lowest BCUT2D eigenvalue weighted by Crippen LogP contribution is -2.30. The normalized spacial score (nSPS) is 19.6. The zero-order valence-corrected chi connectivity index (χ0v) is 10.5. The molecule has 2 rings (SSSR count). The average molecular weight is 244 g/mol. The van der Waals surface area contributed by atoms with Gasteiger partial charge in [0.2, 0.25) is 5.91 Å². The molecule has 0 saturated carbocycles. The number of amides is 1. The number of benzene rings is 1. The van der Waals surface area contributed by atoms with Crippen LogP contribution in [0.15, 0.2) is 35.4 Å². The topological polar surface area (TPSA) is 50.7 Å². The number of hydrogen-bond acceptors (Lipinski definition) is 3. The van der Waals surface area contributed by atoms with E-state index in [1.54, 1.807) is 7.11 Å². The van der Waals surface area contributed by atoms with Gasteiger partial charge >= 0.3 is 0 Å². The third kappa shape index (κ3) is 2.97. The number of hydrogen-bond donors (Lipinski definition) is 1. The number of nitrogens with one attached hydrogen (secondary N) is 1. The van der Waals surface area contributed by atoms with Crippen LogP contribution in [0.5, 0.6) is 5.75 Å². The third-order valence-corrected chi connectivity index (χ3v) is 2.87. The summed E-state index contributed by atoms with van der Waals surface area (Å²) in [5.74, 6) is 0.972. The summed E-state index contributed by atoms with van der Waals surface area (Å²) in [5, 5.41) is 4.05. The molecular weight excluding hydrogens is 228 g/mol. The van der Waals surface area contributed by atoms with Crippen molar-refractivity contribution >= 4 is 17.7 Å². The van der Waals surface area contributed by atoms with E-state index in [9.17, 15) is 4.79 Å². The Morgan fingerprint density at radius 1 is 1.33 bits per heavy atom. The van der Waals surface area contributed by atoms with Crippen LogP contribution in [0.1, 0.15) is 18.9 Å². The number of allylic oxidation sites excluding steroid dienone is 1. The van der Waals surface area contributed by atoms with Gasteiger partial charge in [0.15, 0.2) is 0 Å². The van der Waals surface area contributed by atoms with Crippen LogP contribution in [0.4, 0.5) is 0 Å². The maximum absolute atomic E-state index is 11.1. The van der Waals surface area contributed by atoms with Gasteiger partial charge in [0.1, 0.15) is 5.75 Å². The Morgan fingerprint density at radius 3 is 2.67 bits per heavy atom. The SMILES string of the molecule is COc1ccc(C=CC2=NNC(=O)CC2C)cc1. The zero-order valence-electron chi connectivity index (χ0n) is 10.5. The molecule has 0 fully saturated rings. The summed E-state index contributed by atoms with van der Waals surface area (Å²) in [5.41, 5.74) is 4.46. The van der Waals surface area contributed by atoms with E-state index in [2.05, 4.69) is 10.5 Å². The second-order valence-electron chi connectivity index (χ2n) is 4.28. The Labute approximate surface area is 106 Å². The van der Waals surface area contributed by atoms with Gasteiger partial charge in [-0.2, -0.15) is 5.10 Å². The number of carbonyl (C=O) groups is 1. The van der Waals surface area contributed by atoms with Gasteiger partial charge < -0.3 is 4.74 Å². The lowest BCUT2D eigenvalue weighted by molar-refractivity contribution is -0.121. The van der Waals surface area contributed by atoms with Crippen molar-refractivity contribution in [3.63, 3.8) is 0 Å². The first-order chi connectivity index (χ1) is 8.69. The molecule has 1 aromatic carbocycles. The molecule has 4 nitrogen and oxygen atoms in total. The first-order valence-electron chi connectivity index (χ1n) is 5.87. The van der Waals surface area contributed by atoms with E-state index in [0.29, 0.717) is 6.42 Å². The van der Waals surface area contributed by atoms with Crippen LogP contribution in [-0.2, 0) is 4.79 Å². The molecule has 0 saturated heterocycles. The molecule has 0 bridgehead atoms. The monoisotopic (exact) mass is 244 g/mol. The summed E-state index contributed by atoms with van der Waals surface area (Å²) < 4.78 is 5.10. The van der Waals surface area contributed by atoms with Gasteiger partial charge in [-0.25, -0.2) is 5.43 Å². The second kappa shape index (κ2) is 5.49. The van der Waals surface area contributed by atoms with Crippen molar-refractivity contribution in [1.29, 1.82) is 0 Å². The van der Waals surface area contributed by atoms with Crippen LogP contribution < -0.4 is 10.2 Å². The van der Waals surface area contributed by atoms with Gasteiger partial charge in [-0.05, 0) is 23.8 Å². The number of rotatable bonds is 3. The summed E-state index contributed by atoms with van der Waals surface area (Å²) in [6.07, 6.45) is 4.41. The van der Waals surface area contributed by atoms with Crippen LogP contribution in [0.2, 0.25) is 0 Å². The minimum Gasteiger partial charge on any atom is -0.497 e. The molecule has 1 aliphatic heterocycles. The molecule has 1 heterocycles. The highest BCUT2D eigenvalue weighted by Gasteiger charge is 2.17. The highest BCUT2D eigenvalue weighted by atomic mass is 16.5. The van der Waals surface area contributed by atoms with Crippen molar-refractivity contribution in [3.8, 4) is 5.75 Å². The average Bonchev–Trinajstić information content (AvgIpc) is 2.38. The highest BCUT2D eigenvalue weighted by Crippen LogP contribution is 2.14. The number of ether oxygens (including phenoxy) is 1. The molecule has 18 heavy (non-hydrogen) atoms. The fourth-order valence-electron chi connectivity index (χ4n) is 1.76. The molecule has 0 aromatic heterocycles. The van der Waals surface area contributed by atoms with Gasteiger partial charge in [0.25, 0.3) is 0 Å². The molecule has 1 N–H and O–H groups in total. The summed E-state index contributed by atoms with van der Waals surface area (Å²) in [7, 11) is 1.64. The van der Waals surface area contributed by atoms with Crippen molar-refractivity contribution in [3.05, 3.63) is 35.9 Å². The van der Waals surface area contributed by atoms with E-state index in [1.165, 1.54) is 0 Å². The van der Waals surface area contributed by atoms with Gasteiger partial charge in [-0.1, -0.05) is 25.1 Å². The zero-order chi connectivity index (χ0) is 13.0. The van der Waals surface area contributed by atoms with Crippen molar-refractivity contribution in [1.82, 2.24) is 5.43 Å². The minimum atomic E-state index is -0.0240. The van der Waals surface area contributed by atoms with Gasteiger partial charge in [-0.15, -0.1) is 0 Å². The summed E-state index contributed by atoms with van der Waals surface area (Å²) >= 11 is 0. The number of methoxy groups -OCH3 is 1. The molecule has 4 heteroatoms. The van der Waals surface area contributed by atoms with Crippen molar-refractivity contribution in [2.24, 2.45) is 11.0 Å². The summed E-state index contributed by atoms with van der Waals surface area (Å²) in [6, 6.07) is 7.77. The molecular formula is C14H16N2O2. The maximum Gasteiger partial charge on any atom is 0.240 e. The Balaban J connectivity index is 2.08. The van der Waals surface area contributed by atoms with Gasteiger partial charge in [0.05, 0.1) is 12.8 Å². The molecule has 1 aromatic rings. The van der Waals surface area contributed by atoms with Crippen molar-refractivity contribution < 1.29 is 9.53 Å². The van der Waals surface area contributed by atoms with E-state index in [-0.39, 0.29) is 11.8 Å². The molecule has 1 unspecified atom stereocenters. The number of hydrazone groups is 1. The molecule has 1 atom stereocenters. The van der Waals surface area contributed by atoms with Gasteiger partial charge in [-0.3, -0.25) is 4.79 Å². The molecule has 1 aliphatic rings. The maximum atomic E-state index is 11.1. The first kappa shape index (κ1) is 12.4. The van der Waals surface area contributed by atoms with Gasteiger partial charge in [0, 0.05) is 12.3 Å². The lowest BCUT2D eigenvalue weighted by Gasteiger charge is -2.16. The van der Waals surface area contributed by atoms with E-state index in [0.717, 1.165) is 17.0 Å². The molecule has 94 valence electrons. The third-order valence-electron chi connectivity index (χ3n) is 2.87. The van der Waals surface area contributed by atoms with Crippen LogP contribution in [-0.4, -0.2) is 18.7 Å². The molecule has 0 radical (unpaired) electrons. The fourth-order valence-corrected chi connectivity index (χ4v) is 1.76. The quantitative estimate of drug-likeness (QED) is 0.886. The Morgan fingerprint density at radius 2 is 2.06 bits per heavy atom. The summed E-state index contributed by atoms with van der Waals surface area (Å²) in [4.78, 5) is 11.1. The van der Waals surface area contributed by atoms with Crippen molar-refractivity contribution in [2.45, 2.75) is 13.3 Å². The smallest absolute Gasteiger partial charge is 0.240 e. The Hall–Kier alpha value is -2.10. The second-order valence-corrected chi connectivity index (χ2v) is 4.28. The number of carbonyl (C=O) groups excluding carboxylic acids is 1. The molecule has 1 amide bonds. The largest absolute Gasteiger partial charge is 0.497 e. The highest BCUT2D eigenvalue weighted by molar-refractivity contribution is 6.03. The van der Waals surface area contributed by atoms with E-state index >= 15 is 0 Å². The Bertz CT molecular complexity index is 489.